The largest absolute Gasteiger partial charge is 0.440 e. The topological polar surface area (TPSA) is 42.7 Å². The maximum Gasteiger partial charge on any atom is 0.289 e. The van der Waals surface area contributed by atoms with Crippen LogP contribution in [-0.4, -0.2) is 35.6 Å². The summed E-state index contributed by atoms with van der Waals surface area (Å²) >= 11 is 5.67. The van der Waals surface area contributed by atoms with Crippen LogP contribution in [-0.2, 0) is 4.74 Å². The Morgan fingerprint density at radius 1 is 1.53 bits per heavy atom. The molecule has 1 aromatic rings. The fourth-order valence-electron chi connectivity index (χ4n) is 2.19. The molecule has 0 unspecified atom stereocenters. The minimum Gasteiger partial charge on any atom is -0.440 e. The fraction of sp³-hybridized carbons (Fsp3) is 0.583. The maximum absolute atomic E-state index is 12.2. The number of morpholine rings is 1. The maximum atomic E-state index is 12.2. The Kier molecular flexibility index (Phi) is 3.19. The molecule has 1 aliphatic heterocycles. The quantitative estimate of drug-likeness (QED) is 0.777. The van der Waals surface area contributed by atoms with Crippen LogP contribution in [0.25, 0.3) is 0 Å². The van der Waals surface area contributed by atoms with Crippen molar-refractivity contribution in [2.45, 2.75) is 32.5 Å². The Morgan fingerprint density at radius 3 is 2.76 bits per heavy atom. The zero-order chi connectivity index (χ0) is 12.6. The Hall–Kier alpha value is -1.00. The molecule has 1 aliphatic rings. The molecule has 2 heterocycles. The summed E-state index contributed by atoms with van der Waals surface area (Å²) in [5.41, 5.74) is -0.330. The van der Waals surface area contributed by atoms with Crippen LogP contribution in [0.4, 0.5) is 0 Å². The highest BCUT2D eigenvalue weighted by molar-refractivity contribution is 6.29. The van der Waals surface area contributed by atoms with E-state index in [0.717, 1.165) is 0 Å². The third kappa shape index (κ3) is 2.82. The summed E-state index contributed by atoms with van der Waals surface area (Å²) in [7, 11) is 0. The van der Waals surface area contributed by atoms with Gasteiger partial charge in [-0.2, -0.15) is 0 Å². The molecule has 0 N–H and O–H groups in total. The van der Waals surface area contributed by atoms with Gasteiger partial charge in [0, 0.05) is 13.1 Å². The molecule has 0 radical (unpaired) electrons. The lowest BCUT2D eigenvalue weighted by Crippen LogP contribution is -2.53. The number of nitrogens with zero attached hydrogens (tertiary/aromatic N) is 1. The molecule has 1 fully saturated rings. The van der Waals surface area contributed by atoms with Crippen molar-refractivity contribution in [3.8, 4) is 0 Å². The minimum absolute atomic E-state index is 0.0214. The van der Waals surface area contributed by atoms with Crippen molar-refractivity contribution >= 4 is 17.5 Å². The van der Waals surface area contributed by atoms with Crippen LogP contribution in [0.5, 0.6) is 0 Å². The highest BCUT2D eigenvalue weighted by atomic mass is 35.5. The molecule has 5 heteroatoms. The molecule has 2 rings (SSSR count). The molecular weight excluding hydrogens is 242 g/mol. The third-order valence-electron chi connectivity index (χ3n) is 2.64. The first-order valence-corrected chi connectivity index (χ1v) is 5.98. The van der Waals surface area contributed by atoms with Crippen molar-refractivity contribution in [2.24, 2.45) is 0 Å². The summed E-state index contributed by atoms with van der Waals surface area (Å²) in [6.07, 6.45) is 0.0214. The predicted octanol–water partition coefficient (Wildman–Crippen LogP) is 2.57. The van der Waals surface area contributed by atoms with Gasteiger partial charge in [-0.25, -0.2) is 0 Å². The van der Waals surface area contributed by atoms with Crippen molar-refractivity contribution in [3.63, 3.8) is 0 Å². The van der Waals surface area contributed by atoms with Crippen LogP contribution in [0.2, 0.25) is 5.22 Å². The van der Waals surface area contributed by atoms with E-state index in [-0.39, 0.29) is 28.6 Å². The molecule has 0 spiro atoms. The summed E-state index contributed by atoms with van der Waals surface area (Å²) in [4.78, 5) is 13.9. The smallest absolute Gasteiger partial charge is 0.289 e. The van der Waals surface area contributed by atoms with Gasteiger partial charge in [-0.3, -0.25) is 4.79 Å². The SMILES string of the molecule is C[C@H]1CN(C(=O)c2ccc(Cl)o2)CC(C)(C)O1. The number of halogens is 1. The Morgan fingerprint density at radius 2 is 2.24 bits per heavy atom. The van der Waals surface area contributed by atoms with E-state index >= 15 is 0 Å². The first kappa shape index (κ1) is 12.5. The van der Waals surface area contributed by atoms with E-state index in [1.165, 1.54) is 0 Å². The summed E-state index contributed by atoms with van der Waals surface area (Å²) < 4.78 is 10.9. The first-order valence-electron chi connectivity index (χ1n) is 5.60. The van der Waals surface area contributed by atoms with Crippen LogP contribution in [0.15, 0.2) is 16.5 Å². The number of hydrogen-bond donors (Lipinski definition) is 0. The number of furan rings is 1. The van der Waals surface area contributed by atoms with Gasteiger partial charge in [0.1, 0.15) is 0 Å². The van der Waals surface area contributed by atoms with Gasteiger partial charge in [0.05, 0.1) is 11.7 Å². The van der Waals surface area contributed by atoms with E-state index in [2.05, 4.69) is 0 Å². The number of amides is 1. The number of carbonyl (C=O) groups excluding carboxylic acids is 1. The number of ether oxygens (including phenoxy) is 1. The van der Waals surface area contributed by atoms with E-state index in [1.807, 2.05) is 20.8 Å². The van der Waals surface area contributed by atoms with Gasteiger partial charge in [-0.15, -0.1) is 0 Å². The normalized spacial score (nSPS) is 23.8. The fourth-order valence-corrected chi connectivity index (χ4v) is 2.34. The second kappa shape index (κ2) is 4.35. The lowest BCUT2D eigenvalue weighted by atomic mass is 10.1. The van der Waals surface area contributed by atoms with Crippen molar-refractivity contribution in [1.29, 1.82) is 0 Å². The minimum atomic E-state index is -0.330. The molecule has 1 aromatic heterocycles. The average molecular weight is 258 g/mol. The van der Waals surface area contributed by atoms with E-state index in [1.54, 1.807) is 17.0 Å². The summed E-state index contributed by atoms with van der Waals surface area (Å²) in [5.74, 6) is 0.139. The van der Waals surface area contributed by atoms with E-state index in [4.69, 9.17) is 20.8 Å². The summed E-state index contributed by atoms with van der Waals surface area (Å²) in [6, 6.07) is 3.17. The van der Waals surface area contributed by atoms with Gasteiger partial charge in [0.2, 0.25) is 0 Å². The van der Waals surface area contributed by atoms with Crippen molar-refractivity contribution < 1.29 is 13.9 Å². The molecule has 94 valence electrons. The van der Waals surface area contributed by atoms with Crippen LogP contribution >= 0.6 is 11.6 Å². The second-order valence-electron chi connectivity index (χ2n) is 4.98. The van der Waals surface area contributed by atoms with E-state index in [0.29, 0.717) is 13.1 Å². The lowest BCUT2D eigenvalue weighted by molar-refractivity contribution is -0.119. The van der Waals surface area contributed by atoms with Crippen molar-refractivity contribution in [1.82, 2.24) is 4.90 Å². The van der Waals surface area contributed by atoms with Crippen molar-refractivity contribution in [3.05, 3.63) is 23.1 Å². The average Bonchev–Trinajstić information content (AvgIpc) is 2.60. The molecule has 0 saturated carbocycles. The van der Waals surface area contributed by atoms with Gasteiger partial charge in [0.15, 0.2) is 11.0 Å². The standard InChI is InChI=1S/C12H16ClNO3/c1-8-6-14(7-12(2,3)17-8)11(15)9-4-5-10(13)16-9/h4-5,8H,6-7H2,1-3H3/t8-/m0/s1. The van der Waals surface area contributed by atoms with Crippen LogP contribution < -0.4 is 0 Å². The predicted molar refractivity (Wildman–Crippen MR) is 64.2 cm³/mol. The van der Waals surface area contributed by atoms with Crippen molar-refractivity contribution in [2.75, 3.05) is 13.1 Å². The van der Waals surface area contributed by atoms with Gasteiger partial charge >= 0.3 is 0 Å². The Bertz CT molecular complexity index is 427. The van der Waals surface area contributed by atoms with E-state index in [9.17, 15) is 4.79 Å². The van der Waals surface area contributed by atoms with Crippen LogP contribution in [0, 0.1) is 0 Å². The van der Waals surface area contributed by atoms with Crippen LogP contribution in [0.3, 0.4) is 0 Å². The number of carbonyl (C=O) groups is 1. The summed E-state index contributed by atoms with van der Waals surface area (Å²) in [6.45, 7) is 7.02. The monoisotopic (exact) mass is 257 g/mol. The molecule has 0 aliphatic carbocycles. The van der Waals surface area contributed by atoms with Gasteiger partial charge in [-0.1, -0.05) is 0 Å². The third-order valence-corrected chi connectivity index (χ3v) is 2.84. The van der Waals surface area contributed by atoms with Gasteiger partial charge in [0.25, 0.3) is 5.91 Å². The second-order valence-corrected chi connectivity index (χ2v) is 5.35. The Balaban J connectivity index is 2.14. The van der Waals surface area contributed by atoms with Gasteiger partial charge in [-0.05, 0) is 44.5 Å². The molecule has 1 amide bonds. The van der Waals surface area contributed by atoms with E-state index < -0.39 is 0 Å². The van der Waals surface area contributed by atoms with Crippen LogP contribution in [0.1, 0.15) is 31.3 Å². The molecule has 1 saturated heterocycles. The molecule has 0 bridgehead atoms. The molecule has 17 heavy (non-hydrogen) atoms. The lowest BCUT2D eigenvalue weighted by Gasteiger charge is -2.41. The van der Waals surface area contributed by atoms with Gasteiger partial charge < -0.3 is 14.1 Å². The molecule has 0 aromatic carbocycles. The molecule has 4 nitrogen and oxygen atoms in total. The molecular formula is C12H16ClNO3. The molecule has 1 atom stereocenters. The highest BCUT2D eigenvalue weighted by Crippen LogP contribution is 2.23. The summed E-state index contributed by atoms with van der Waals surface area (Å²) in [5, 5.41) is 0.230. The number of rotatable bonds is 1. The Labute approximate surface area is 105 Å². The first-order chi connectivity index (χ1) is 7.87. The zero-order valence-corrected chi connectivity index (χ0v) is 11.0. The highest BCUT2D eigenvalue weighted by Gasteiger charge is 2.34. The zero-order valence-electron chi connectivity index (χ0n) is 10.2. The number of hydrogen-bond acceptors (Lipinski definition) is 3.